The summed E-state index contributed by atoms with van der Waals surface area (Å²) in [6.07, 6.45) is 7.84. The van der Waals surface area contributed by atoms with E-state index in [1.807, 2.05) is 109 Å². The standard InChI is InChI=1S/C56H62O6S5/c1-8-12-13-14-15-16-35-66(60,61)62-67(51-26-17-45(18-27-51)63-48-23-32-54(39(5)57)42(9-2)36-48,52-28-19-46(20-29-52)64-49-24-33-55(40(6)58)43(10-3)37-49)53-30-21-47(22-31-53)65-50-25-34-56(41(7)59)44(11-4)38-50/h17-34,36-38H,8-16,35H2,1-7H3. The lowest BCUT2D eigenvalue weighted by Crippen LogP contribution is -2.17. The van der Waals surface area contributed by atoms with E-state index < -0.39 is 20.4 Å². The van der Waals surface area contributed by atoms with Crippen molar-refractivity contribution >= 4 is 73.1 Å². The maximum atomic E-state index is 14.5. The fraction of sp³-hybridized carbons (Fsp3) is 0.304. The third-order valence-corrected chi connectivity index (χ3v) is 19.9. The van der Waals surface area contributed by atoms with Crippen molar-refractivity contribution in [3.05, 3.63) is 161 Å². The number of Topliss-reactive ketones (excluding diaryl/α,β-unsaturated/α-hetero) is 3. The number of carbonyl (C=O) groups is 3. The summed E-state index contributed by atoms with van der Waals surface area (Å²) in [6, 6.07) is 42.0. The lowest BCUT2D eigenvalue weighted by molar-refractivity contribution is 0.100. The van der Waals surface area contributed by atoms with E-state index in [4.69, 9.17) is 3.63 Å². The Labute approximate surface area is 413 Å². The predicted molar refractivity (Wildman–Crippen MR) is 280 cm³/mol. The molecule has 0 spiro atoms. The van der Waals surface area contributed by atoms with Gasteiger partial charge in [-0.2, -0.15) is 8.42 Å². The van der Waals surface area contributed by atoms with Gasteiger partial charge in [0.25, 0.3) is 10.1 Å². The Bertz CT molecular complexity index is 2520. The van der Waals surface area contributed by atoms with Crippen LogP contribution in [0.2, 0.25) is 0 Å². The van der Waals surface area contributed by atoms with Crippen LogP contribution in [0.4, 0.5) is 0 Å². The second-order valence-electron chi connectivity index (χ2n) is 16.6. The van der Waals surface area contributed by atoms with E-state index in [1.165, 1.54) is 0 Å². The van der Waals surface area contributed by atoms with Crippen LogP contribution in [0.25, 0.3) is 0 Å². The monoisotopic (exact) mass is 990 g/mol. The smallest absolute Gasteiger partial charge is 0.277 e. The van der Waals surface area contributed by atoms with E-state index in [0.29, 0.717) is 6.42 Å². The van der Waals surface area contributed by atoms with Crippen LogP contribution >= 0.6 is 45.6 Å². The molecular weight excluding hydrogens is 929 g/mol. The number of aryl methyl sites for hydroxylation is 3. The second-order valence-corrected chi connectivity index (χ2v) is 24.6. The van der Waals surface area contributed by atoms with Crippen LogP contribution < -0.4 is 0 Å². The van der Waals surface area contributed by atoms with Crippen LogP contribution in [0, 0.1) is 0 Å². The summed E-state index contributed by atoms with van der Waals surface area (Å²) < 4.78 is 35.8. The van der Waals surface area contributed by atoms with Gasteiger partial charge >= 0.3 is 0 Å². The van der Waals surface area contributed by atoms with Crippen molar-refractivity contribution in [3.8, 4) is 0 Å². The summed E-state index contributed by atoms with van der Waals surface area (Å²) >= 11 is 4.78. The van der Waals surface area contributed by atoms with Crippen LogP contribution in [-0.2, 0) is 33.0 Å². The summed E-state index contributed by atoms with van der Waals surface area (Å²) in [5, 5.41) is 0. The van der Waals surface area contributed by atoms with Crippen molar-refractivity contribution in [1.29, 1.82) is 0 Å². The van der Waals surface area contributed by atoms with Gasteiger partial charge in [0, 0.05) is 60.7 Å². The average molecular weight is 991 g/mol. The molecule has 6 aromatic rings. The van der Waals surface area contributed by atoms with Gasteiger partial charge in [-0.05, 0) is 183 Å². The molecule has 0 unspecified atom stereocenters. The highest BCUT2D eigenvalue weighted by molar-refractivity contribution is 8.33. The van der Waals surface area contributed by atoms with Crippen LogP contribution in [0.5, 0.6) is 0 Å². The van der Waals surface area contributed by atoms with Crippen LogP contribution in [0.1, 0.15) is 135 Å². The molecule has 0 aliphatic rings. The fourth-order valence-electron chi connectivity index (χ4n) is 8.09. The molecule has 6 nitrogen and oxygen atoms in total. The summed E-state index contributed by atoms with van der Waals surface area (Å²) in [7, 11) is -6.99. The first-order chi connectivity index (χ1) is 32.2. The van der Waals surface area contributed by atoms with Crippen LogP contribution in [0.3, 0.4) is 0 Å². The van der Waals surface area contributed by atoms with Gasteiger partial charge in [0.15, 0.2) is 17.3 Å². The zero-order chi connectivity index (χ0) is 48.1. The Morgan fingerprint density at radius 3 is 1.01 bits per heavy atom. The van der Waals surface area contributed by atoms with E-state index in [-0.39, 0.29) is 23.1 Å². The molecular formula is C56H62O6S5. The zero-order valence-electron chi connectivity index (χ0n) is 39.7. The Hall–Kier alpha value is -4.36. The third-order valence-electron chi connectivity index (χ3n) is 11.6. The summed E-state index contributed by atoms with van der Waals surface area (Å²) in [5.74, 6) is 0.0464. The number of ketones is 3. The molecule has 0 fully saturated rings. The molecule has 6 aromatic carbocycles. The lowest BCUT2D eigenvalue weighted by Gasteiger charge is -2.39. The molecule has 0 radical (unpaired) electrons. The summed E-state index contributed by atoms with van der Waals surface area (Å²) in [4.78, 5) is 45.1. The first kappa shape index (κ1) is 52.0. The van der Waals surface area contributed by atoms with E-state index in [9.17, 15) is 22.8 Å². The number of rotatable bonds is 24. The van der Waals surface area contributed by atoms with Crippen LogP contribution in [-0.4, -0.2) is 31.5 Å². The lowest BCUT2D eigenvalue weighted by atomic mass is 10.0. The molecule has 0 saturated heterocycles. The van der Waals surface area contributed by atoms with E-state index in [1.54, 1.807) is 56.1 Å². The number of benzene rings is 6. The molecule has 0 atom stereocenters. The predicted octanol–water partition coefficient (Wildman–Crippen LogP) is 16.3. The highest BCUT2D eigenvalue weighted by Crippen LogP contribution is 2.70. The summed E-state index contributed by atoms with van der Waals surface area (Å²) in [6.45, 7) is 13.1. The number of hydrogen-bond donors (Lipinski definition) is 0. The van der Waals surface area contributed by atoms with Crippen molar-refractivity contribution in [1.82, 2.24) is 0 Å². The Morgan fingerprint density at radius 1 is 0.418 bits per heavy atom. The van der Waals surface area contributed by atoms with E-state index >= 15 is 0 Å². The maximum absolute atomic E-state index is 14.5. The highest BCUT2D eigenvalue weighted by Gasteiger charge is 2.38. The second kappa shape index (κ2) is 24.3. The van der Waals surface area contributed by atoms with Crippen molar-refractivity contribution in [2.45, 2.75) is 150 Å². The molecule has 0 bridgehead atoms. The van der Waals surface area contributed by atoms with Gasteiger partial charge in [-0.1, -0.05) is 113 Å². The van der Waals surface area contributed by atoms with Crippen molar-refractivity contribution in [2.24, 2.45) is 0 Å². The molecule has 0 N–H and O–H groups in total. The average Bonchev–Trinajstić information content (AvgIpc) is 3.32. The van der Waals surface area contributed by atoms with Crippen LogP contribution in [0.15, 0.2) is 171 Å². The van der Waals surface area contributed by atoms with Gasteiger partial charge in [-0.25, -0.2) is 3.63 Å². The Morgan fingerprint density at radius 2 is 0.716 bits per heavy atom. The number of hydrogen-bond acceptors (Lipinski definition) is 9. The van der Waals surface area contributed by atoms with E-state index in [0.717, 1.165) is 129 Å². The number of unbranched alkanes of at least 4 members (excludes halogenated alkanes) is 5. The molecule has 67 heavy (non-hydrogen) atoms. The molecule has 0 aliphatic carbocycles. The van der Waals surface area contributed by atoms with Crippen molar-refractivity contribution in [2.75, 3.05) is 5.75 Å². The van der Waals surface area contributed by atoms with Gasteiger partial charge in [-0.3, -0.25) is 14.4 Å². The SMILES string of the molecule is CCCCCCCCS(=O)(=O)OS(c1ccc(Sc2ccc(C(C)=O)c(CC)c2)cc1)(c1ccc(Sc2ccc(C(C)=O)c(CC)c2)cc1)c1ccc(Sc2ccc(C(C)=O)c(CC)c2)cc1. The van der Waals surface area contributed by atoms with Gasteiger partial charge in [0.05, 0.1) is 5.75 Å². The first-order valence-electron chi connectivity index (χ1n) is 23.2. The normalized spacial score (nSPS) is 12.0. The molecule has 0 heterocycles. The minimum absolute atomic E-state index is 0.0460. The molecule has 0 aromatic heterocycles. The fourth-order valence-corrected chi connectivity index (χ4v) is 16.1. The minimum Gasteiger partial charge on any atom is -0.295 e. The highest BCUT2D eigenvalue weighted by atomic mass is 32.3. The van der Waals surface area contributed by atoms with Crippen molar-refractivity contribution in [3.63, 3.8) is 0 Å². The Balaban J connectivity index is 1.44. The van der Waals surface area contributed by atoms with Crippen molar-refractivity contribution < 1.29 is 26.4 Å². The maximum Gasteiger partial charge on any atom is 0.277 e. The molecule has 11 heteroatoms. The van der Waals surface area contributed by atoms with E-state index in [2.05, 4.69) is 45.9 Å². The number of carbonyl (C=O) groups excluding carboxylic acids is 3. The molecule has 6 rings (SSSR count). The minimum atomic E-state index is -4.07. The third kappa shape index (κ3) is 13.5. The molecule has 352 valence electrons. The molecule has 0 saturated carbocycles. The van der Waals surface area contributed by atoms with Gasteiger partial charge in [0.1, 0.15) is 0 Å². The Kier molecular flexibility index (Phi) is 18.8. The van der Waals surface area contributed by atoms with Gasteiger partial charge in [0.2, 0.25) is 0 Å². The zero-order valence-corrected chi connectivity index (χ0v) is 43.8. The molecule has 0 amide bonds. The quantitative estimate of drug-likeness (QED) is 0.0434. The largest absolute Gasteiger partial charge is 0.295 e. The summed E-state index contributed by atoms with van der Waals surface area (Å²) in [5.41, 5.74) is 5.21. The molecule has 0 aliphatic heterocycles. The first-order valence-corrected chi connectivity index (χ1v) is 28.8. The van der Waals surface area contributed by atoms with Gasteiger partial charge < -0.3 is 0 Å². The van der Waals surface area contributed by atoms with Gasteiger partial charge in [-0.15, -0.1) is 0 Å². The topological polar surface area (TPSA) is 94.6 Å².